The molecule has 3 N–H and O–H groups in total. The number of nitriles is 1. The first kappa shape index (κ1) is 13.8. The number of carbonyl (C=O) groups excluding carboxylic acids is 1. The van der Waals surface area contributed by atoms with Crippen molar-refractivity contribution in [2.24, 2.45) is 5.73 Å². The molecule has 0 aromatic heterocycles. The Morgan fingerprint density at radius 3 is 2.94 bits per heavy atom. The van der Waals surface area contributed by atoms with Crippen LogP contribution >= 0.6 is 0 Å². The molecule has 1 aromatic carbocycles. The van der Waals surface area contributed by atoms with Crippen LogP contribution in [-0.2, 0) is 11.3 Å². The summed E-state index contributed by atoms with van der Waals surface area (Å²) in [6.07, 6.45) is -0.784. The molecule has 0 fully saturated rings. The van der Waals surface area contributed by atoms with Gasteiger partial charge in [-0.05, 0) is 17.7 Å². The summed E-state index contributed by atoms with van der Waals surface area (Å²) in [4.78, 5) is 10.3. The van der Waals surface area contributed by atoms with Crippen molar-refractivity contribution in [1.29, 1.82) is 5.26 Å². The third kappa shape index (κ3) is 4.31. The van der Waals surface area contributed by atoms with Gasteiger partial charge in [0.15, 0.2) is 0 Å². The second-order valence-corrected chi connectivity index (χ2v) is 3.49. The molecule has 0 heterocycles. The number of amides is 1. The van der Waals surface area contributed by atoms with Crippen LogP contribution in [0, 0.1) is 11.3 Å². The van der Waals surface area contributed by atoms with Crippen LogP contribution in [0.5, 0.6) is 5.75 Å². The minimum atomic E-state index is -0.784. The van der Waals surface area contributed by atoms with Gasteiger partial charge in [-0.3, -0.25) is 0 Å². The Morgan fingerprint density at radius 1 is 1.56 bits per heavy atom. The summed E-state index contributed by atoms with van der Waals surface area (Å²) in [6.45, 7) is 1.29. The van der Waals surface area contributed by atoms with Crippen LogP contribution in [-0.4, -0.2) is 26.4 Å². The quantitative estimate of drug-likeness (QED) is 0.725. The standard InChI is InChI=1S/C12H15N3O3/c1-17-11-3-2-9(6-10(11)7-13)8-15-4-5-18-12(14)16/h2-3,6,15H,4-5,8H2,1H3,(H2,14,16). The molecule has 18 heavy (non-hydrogen) atoms. The van der Waals surface area contributed by atoms with Crippen LogP contribution < -0.4 is 15.8 Å². The monoisotopic (exact) mass is 249 g/mol. The van der Waals surface area contributed by atoms with E-state index in [1.165, 1.54) is 7.11 Å². The Hall–Kier alpha value is -2.26. The van der Waals surface area contributed by atoms with Crippen molar-refractivity contribution >= 4 is 6.09 Å². The van der Waals surface area contributed by atoms with E-state index in [2.05, 4.69) is 16.1 Å². The minimum absolute atomic E-state index is 0.219. The average Bonchev–Trinajstić information content (AvgIpc) is 2.37. The summed E-state index contributed by atoms with van der Waals surface area (Å²) >= 11 is 0. The van der Waals surface area contributed by atoms with Crippen LogP contribution in [0.25, 0.3) is 0 Å². The Kier molecular flexibility index (Phi) is 5.48. The van der Waals surface area contributed by atoms with E-state index in [0.29, 0.717) is 24.4 Å². The van der Waals surface area contributed by atoms with Crippen LogP contribution in [0.3, 0.4) is 0 Å². The lowest BCUT2D eigenvalue weighted by molar-refractivity contribution is 0.157. The summed E-state index contributed by atoms with van der Waals surface area (Å²) in [7, 11) is 1.52. The second-order valence-electron chi connectivity index (χ2n) is 3.49. The molecule has 1 aromatic rings. The van der Waals surface area contributed by atoms with Gasteiger partial charge in [-0.1, -0.05) is 6.07 Å². The van der Waals surface area contributed by atoms with Crippen molar-refractivity contribution < 1.29 is 14.3 Å². The summed E-state index contributed by atoms with van der Waals surface area (Å²) in [5.41, 5.74) is 6.26. The molecule has 0 saturated heterocycles. The molecule has 0 radical (unpaired) electrons. The number of carbonyl (C=O) groups is 1. The molecule has 6 heteroatoms. The zero-order chi connectivity index (χ0) is 13.4. The topological polar surface area (TPSA) is 97.4 Å². The molecule has 0 spiro atoms. The smallest absolute Gasteiger partial charge is 0.404 e. The van der Waals surface area contributed by atoms with Crippen LogP contribution in [0.4, 0.5) is 4.79 Å². The fourth-order valence-electron chi connectivity index (χ4n) is 1.41. The lowest BCUT2D eigenvalue weighted by Gasteiger charge is -2.07. The highest BCUT2D eigenvalue weighted by Crippen LogP contribution is 2.18. The molecule has 0 atom stereocenters. The van der Waals surface area contributed by atoms with E-state index in [4.69, 9.17) is 15.7 Å². The molecule has 0 aliphatic heterocycles. The van der Waals surface area contributed by atoms with Crippen molar-refractivity contribution in [3.63, 3.8) is 0 Å². The van der Waals surface area contributed by atoms with Crippen molar-refractivity contribution in [3.8, 4) is 11.8 Å². The number of nitrogens with one attached hydrogen (secondary N) is 1. The fourth-order valence-corrected chi connectivity index (χ4v) is 1.41. The maximum absolute atomic E-state index is 10.3. The number of hydrogen-bond acceptors (Lipinski definition) is 5. The lowest BCUT2D eigenvalue weighted by atomic mass is 10.1. The van der Waals surface area contributed by atoms with Gasteiger partial charge < -0.3 is 20.5 Å². The first-order valence-corrected chi connectivity index (χ1v) is 5.37. The average molecular weight is 249 g/mol. The van der Waals surface area contributed by atoms with Gasteiger partial charge in [0.05, 0.1) is 12.7 Å². The molecule has 0 saturated carbocycles. The zero-order valence-electron chi connectivity index (χ0n) is 10.1. The molecule has 0 aliphatic rings. The van der Waals surface area contributed by atoms with E-state index >= 15 is 0 Å². The van der Waals surface area contributed by atoms with Crippen LogP contribution in [0.15, 0.2) is 18.2 Å². The van der Waals surface area contributed by atoms with E-state index in [0.717, 1.165) is 5.56 Å². The minimum Gasteiger partial charge on any atom is -0.495 e. The normalized spacial score (nSPS) is 9.56. The summed E-state index contributed by atoms with van der Waals surface area (Å²) in [6, 6.07) is 7.42. The summed E-state index contributed by atoms with van der Waals surface area (Å²) < 4.78 is 9.61. The van der Waals surface area contributed by atoms with Gasteiger partial charge in [-0.2, -0.15) is 5.26 Å². The number of primary amides is 1. The first-order valence-electron chi connectivity index (χ1n) is 5.37. The second kappa shape index (κ2) is 7.14. The predicted molar refractivity (Wildman–Crippen MR) is 65.0 cm³/mol. The van der Waals surface area contributed by atoms with Gasteiger partial charge in [-0.25, -0.2) is 4.79 Å². The van der Waals surface area contributed by atoms with Crippen LogP contribution in [0.1, 0.15) is 11.1 Å². The Morgan fingerprint density at radius 2 is 2.33 bits per heavy atom. The number of rotatable bonds is 6. The van der Waals surface area contributed by atoms with Gasteiger partial charge in [0.1, 0.15) is 18.4 Å². The number of nitrogens with two attached hydrogens (primary N) is 1. The molecular weight excluding hydrogens is 234 g/mol. The van der Waals surface area contributed by atoms with Crippen molar-refractivity contribution in [1.82, 2.24) is 5.32 Å². The highest BCUT2D eigenvalue weighted by Gasteiger charge is 2.03. The summed E-state index contributed by atoms with van der Waals surface area (Å²) in [5.74, 6) is 0.554. The van der Waals surface area contributed by atoms with E-state index in [1.807, 2.05) is 6.07 Å². The molecule has 0 unspecified atom stereocenters. The third-order valence-corrected chi connectivity index (χ3v) is 2.24. The molecule has 96 valence electrons. The predicted octanol–water partition coefficient (Wildman–Crippen LogP) is 0.752. The first-order chi connectivity index (χ1) is 8.67. The lowest BCUT2D eigenvalue weighted by Crippen LogP contribution is -2.23. The highest BCUT2D eigenvalue weighted by atomic mass is 16.5. The fraction of sp³-hybridized carbons (Fsp3) is 0.333. The molecule has 1 rings (SSSR count). The van der Waals surface area contributed by atoms with E-state index in [1.54, 1.807) is 12.1 Å². The Bertz CT molecular complexity index is 454. The number of nitrogens with zero attached hydrogens (tertiary/aromatic N) is 1. The highest BCUT2D eigenvalue weighted by molar-refractivity contribution is 5.64. The van der Waals surface area contributed by atoms with Gasteiger partial charge >= 0.3 is 6.09 Å². The maximum atomic E-state index is 10.3. The largest absolute Gasteiger partial charge is 0.495 e. The van der Waals surface area contributed by atoms with E-state index in [-0.39, 0.29) is 6.61 Å². The molecule has 1 amide bonds. The van der Waals surface area contributed by atoms with Crippen molar-refractivity contribution in [2.45, 2.75) is 6.54 Å². The third-order valence-electron chi connectivity index (χ3n) is 2.24. The summed E-state index contributed by atoms with van der Waals surface area (Å²) in [5, 5.41) is 12.0. The number of hydrogen-bond donors (Lipinski definition) is 2. The SMILES string of the molecule is COc1ccc(CNCCOC(N)=O)cc1C#N. The van der Waals surface area contributed by atoms with Crippen LogP contribution in [0.2, 0.25) is 0 Å². The van der Waals surface area contributed by atoms with Crippen molar-refractivity contribution in [2.75, 3.05) is 20.3 Å². The maximum Gasteiger partial charge on any atom is 0.404 e. The molecule has 6 nitrogen and oxygen atoms in total. The van der Waals surface area contributed by atoms with Crippen molar-refractivity contribution in [3.05, 3.63) is 29.3 Å². The Labute approximate surface area is 105 Å². The molecular formula is C12H15N3O3. The number of ether oxygens (including phenoxy) is 2. The molecule has 0 aliphatic carbocycles. The Balaban J connectivity index is 2.44. The number of benzene rings is 1. The van der Waals surface area contributed by atoms with Gasteiger partial charge in [0.2, 0.25) is 0 Å². The molecule has 0 bridgehead atoms. The van der Waals surface area contributed by atoms with Gasteiger partial charge in [0, 0.05) is 13.1 Å². The van der Waals surface area contributed by atoms with Gasteiger partial charge in [0.25, 0.3) is 0 Å². The zero-order valence-corrected chi connectivity index (χ0v) is 10.1. The van der Waals surface area contributed by atoms with Gasteiger partial charge in [-0.15, -0.1) is 0 Å². The number of methoxy groups -OCH3 is 1. The van der Waals surface area contributed by atoms with E-state index < -0.39 is 6.09 Å². The van der Waals surface area contributed by atoms with E-state index in [9.17, 15) is 4.79 Å².